The quantitative estimate of drug-likeness (QED) is 0.381. The number of nitrogens with one attached hydrogen (secondary N) is 4. The summed E-state index contributed by atoms with van der Waals surface area (Å²) in [5.41, 5.74) is 3.38. The van der Waals surface area contributed by atoms with Gasteiger partial charge in [0.2, 0.25) is 0 Å². The summed E-state index contributed by atoms with van der Waals surface area (Å²) in [6, 6.07) is 11.4. The van der Waals surface area contributed by atoms with Crippen molar-refractivity contribution in [2.45, 2.75) is 6.92 Å². The number of ether oxygens (including phenoxy) is 1. The molecule has 31 heavy (non-hydrogen) atoms. The molecule has 0 bridgehead atoms. The second-order valence-electron chi connectivity index (χ2n) is 7.17. The van der Waals surface area contributed by atoms with Crippen molar-refractivity contribution in [2.75, 3.05) is 43.4 Å². The molecule has 158 valence electrons. The van der Waals surface area contributed by atoms with E-state index in [4.69, 9.17) is 9.72 Å². The van der Waals surface area contributed by atoms with Gasteiger partial charge in [-0.3, -0.25) is 9.98 Å². The lowest BCUT2D eigenvalue weighted by molar-refractivity contribution is 0.0531. The van der Waals surface area contributed by atoms with Gasteiger partial charge in [-0.05, 0) is 19.1 Å². The molecule has 0 saturated heterocycles. The second-order valence-corrected chi connectivity index (χ2v) is 7.17. The average molecular weight is 417 g/mol. The van der Waals surface area contributed by atoms with Crippen LogP contribution in [-0.4, -0.2) is 55.7 Å². The highest BCUT2D eigenvalue weighted by atomic mass is 16.5. The number of esters is 1. The van der Waals surface area contributed by atoms with E-state index in [1.54, 1.807) is 6.92 Å². The number of anilines is 2. The molecule has 0 aliphatic carbocycles. The smallest absolute Gasteiger partial charge is 0.339 e. The van der Waals surface area contributed by atoms with E-state index in [2.05, 4.69) is 31.3 Å². The maximum absolute atomic E-state index is 13.0. The van der Waals surface area contributed by atoms with Crippen LogP contribution in [0.5, 0.6) is 0 Å². The molecule has 0 unspecified atom stereocenters. The molecule has 0 atom stereocenters. The molecule has 2 aliphatic heterocycles. The van der Waals surface area contributed by atoms with E-state index in [1.807, 2.05) is 36.4 Å². The zero-order valence-electron chi connectivity index (χ0n) is 17.2. The Kier molecular flexibility index (Phi) is 4.99. The largest absolute Gasteiger partial charge is 0.462 e. The van der Waals surface area contributed by atoms with Crippen LogP contribution in [0.25, 0.3) is 21.8 Å². The number of hydrogen-bond donors (Lipinski definition) is 4. The minimum atomic E-state index is -0.373. The van der Waals surface area contributed by atoms with Crippen molar-refractivity contribution in [3.05, 3.63) is 42.0 Å². The average Bonchev–Trinajstić information content (AvgIpc) is 3.47. The molecule has 2 aromatic carbocycles. The fourth-order valence-corrected chi connectivity index (χ4v) is 3.83. The number of guanidine groups is 2. The molecular weight excluding hydrogens is 394 g/mol. The van der Waals surface area contributed by atoms with Crippen molar-refractivity contribution in [1.29, 1.82) is 0 Å². The number of aliphatic imine (C=N–C) groups is 2. The predicted molar refractivity (Wildman–Crippen MR) is 123 cm³/mol. The van der Waals surface area contributed by atoms with Gasteiger partial charge in [-0.15, -0.1) is 0 Å². The highest BCUT2D eigenvalue weighted by Crippen LogP contribution is 2.34. The topological polar surface area (TPSA) is 112 Å². The number of fused-ring (bicyclic) bond motifs is 2. The summed E-state index contributed by atoms with van der Waals surface area (Å²) in [6.07, 6.45) is 0. The molecular formula is C22H23N7O2. The van der Waals surface area contributed by atoms with Crippen LogP contribution in [0.15, 0.2) is 46.4 Å². The van der Waals surface area contributed by atoms with Crippen LogP contribution < -0.4 is 21.3 Å². The van der Waals surface area contributed by atoms with Crippen molar-refractivity contribution in [3.8, 4) is 0 Å². The van der Waals surface area contributed by atoms with Crippen LogP contribution in [0.3, 0.4) is 0 Å². The van der Waals surface area contributed by atoms with E-state index in [-0.39, 0.29) is 5.97 Å². The fourth-order valence-electron chi connectivity index (χ4n) is 3.83. The number of benzene rings is 2. The summed E-state index contributed by atoms with van der Waals surface area (Å²) in [7, 11) is 0. The van der Waals surface area contributed by atoms with E-state index >= 15 is 0 Å². The van der Waals surface area contributed by atoms with Gasteiger partial charge < -0.3 is 26.0 Å². The Morgan fingerprint density at radius 2 is 1.48 bits per heavy atom. The van der Waals surface area contributed by atoms with Crippen molar-refractivity contribution in [3.63, 3.8) is 0 Å². The summed E-state index contributed by atoms with van der Waals surface area (Å²) >= 11 is 0. The minimum Gasteiger partial charge on any atom is -0.462 e. The first-order valence-corrected chi connectivity index (χ1v) is 10.4. The van der Waals surface area contributed by atoms with Crippen LogP contribution in [-0.2, 0) is 4.74 Å². The third kappa shape index (κ3) is 3.58. The number of nitrogens with zero attached hydrogens (tertiary/aromatic N) is 3. The van der Waals surface area contributed by atoms with Crippen LogP contribution in [0, 0.1) is 0 Å². The molecule has 2 aliphatic rings. The Morgan fingerprint density at radius 1 is 0.935 bits per heavy atom. The van der Waals surface area contributed by atoms with Crippen LogP contribution in [0.2, 0.25) is 0 Å². The zero-order valence-corrected chi connectivity index (χ0v) is 17.2. The monoisotopic (exact) mass is 417 g/mol. The number of pyridine rings is 1. The Balaban J connectivity index is 1.74. The van der Waals surface area contributed by atoms with Gasteiger partial charge in [0.1, 0.15) is 0 Å². The summed E-state index contributed by atoms with van der Waals surface area (Å²) in [5.74, 6) is 1.02. The highest BCUT2D eigenvalue weighted by molar-refractivity contribution is 6.19. The van der Waals surface area contributed by atoms with E-state index in [0.29, 0.717) is 35.1 Å². The maximum atomic E-state index is 13.0. The third-order valence-electron chi connectivity index (χ3n) is 5.17. The van der Waals surface area contributed by atoms with E-state index in [1.165, 1.54) is 0 Å². The van der Waals surface area contributed by atoms with Gasteiger partial charge in [0.25, 0.3) is 0 Å². The molecule has 9 nitrogen and oxygen atoms in total. The molecule has 0 amide bonds. The molecule has 0 saturated carbocycles. The normalized spacial score (nSPS) is 15.3. The minimum absolute atomic E-state index is 0.293. The number of rotatable bonds is 4. The third-order valence-corrected chi connectivity index (χ3v) is 5.17. The van der Waals surface area contributed by atoms with E-state index in [0.717, 1.165) is 48.3 Å². The molecule has 1 aromatic heterocycles. The van der Waals surface area contributed by atoms with Gasteiger partial charge in [0, 0.05) is 23.9 Å². The first kappa shape index (κ1) is 19.1. The number of para-hydroxylation sites is 2. The van der Waals surface area contributed by atoms with E-state index < -0.39 is 0 Å². The molecule has 0 radical (unpaired) electrons. The van der Waals surface area contributed by atoms with Gasteiger partial charge in [0.15, 0.2) is 11.9 Å². The molecule has 3 aromatic rings. The lowest BCUT2D eigenvalue weighted by Gasteiger charge is -2.16. The van der Waals surface area contributed by atoms with Crippen molar-refractivity contribution >= 4 is 51.1 Å². The molecule has 0 fully saturated rings. The predicted octanol–water partition coefficient (Wildman–Crippen LogP) is 2.31. The number of carbonyl (C=O) groups excluding carboxylic acids is 1. The molecule has 9 heteroatoms. The van der Waals surface area contributed by atoms with Crippen molar-refractivity contribution < 1.29 is 9.53 Å². The second kappa shape index (κ2) is 8.10. The van der Waals surface area contributed by atoms with Crippen LogP contribution in [0.4, 0.5) is 11.4 Å². The lowest BCUT2D eigenvalue weighted by atomic mass is 10.0. The van der Waals surface area contributed by atoms with Gasteiger partial charge in [-0.25, -0.2) is 9.78 Å². The summed E-state index contributed by atoms with van der Waals surface area (Å²) < 4.78 is 5.41. The Labute approximate surface area is 179 Å². The Bertz CT molecular complexity index is 1150. The highest BCUT2D eigenvalue weighted by Gasteiger charge is 2.21. The van der Waals surface area contributed by atoms with Gasteiger partial charge in [-0.2, -0.15) is 0 Å². The summed E-state index contributed by atoms with van der Waals surface area (Å²) in [5, 5.41) is 14.5. The van der Waals surface area contributed by atoms with E-state index in [9.17, 15) is 4.79 Å². The number of aromatic nitrogens is 1. The SMILES string of the molecule is CCOC(=O)c1c2cccc(NC3=NCCN3)c2nc2c(NC3=NCCN3)cccc12. The molecule has 0 spiro atoms. The lowest BCUT2D eigenvalue weighted by Crippen LogP contribution is -2.26. The first-order valence-electron chi connectivity index (χ1n) is 10.4. The van der Waals surface area contributed by atoms with Crippen molar-refractivity contribution in [1.82, 2.24) is 15.6 Å². The fraction of sp³-hybridized carbons (Fsp3) is 0.273. The Morgan fingerprint density at radius 3 is 1.94 bits per heavy atom. The van der Waals surface area contributed by atoms with Gasteiger partial charge in [0.05, 0.1) is 47.7 Å². The summed E-state index contributed by atoms with van der Waals surface area (Å²) in [6.45, 7) is 5.13. The molecule has 4 N–H and O–H groups in total. The van der Waals surface area contributed by atoms with Gasteiger partial charge >= 0.3 is 5.97 Å². The zero-order chi connectivity index (χ0) is 21.2. The standard InChI is InChI=1S/C22H23N7O2/c1-2-31-20(30)17-13-5-3-7-15(27-21-23-9-10-24-21)18(13)29-19-14(17)6-4-8-16(19)28-22-25-11-12-26-22/h3-8H,2,9-12H2,1H3,(H2,23,24,27)(H2,25,26,28). The molecule has 3 heterocycles. The molecule has 5 rings (SSSR count). The van der Waals surface area contributed by atoms with Crippen LogP contribution >= 0.6 is 0 Å². The summed E-state index contributed by atoms with van der Waals surface area (Å²) in [4.78, 5) is 26.8. The van der Waals surface area contributed by atoms with Crippen molar-refractivity contribution in [2.24, 2.45) is 9.98 Å². The maximum Gasteiger partial charge on any atom is 0.339 e. The number of carbonyl (C=O) groups is 1. The van der Waals surface area contributed by atoms with Crippen LogP contribution in [0.1, 0.15) is 17.3 Å². The number of hydrogen-bond acceptors (Lipinski definition) is 9. The Hall–Kier alpha value is -3.88. The van der Waals surface area contributed by atoms with Gasteiger partial charge in [-0.1, -0.05) is 24.3 Å². The first-order chi connectivity index (χ1) is 15.2.